The normalized spacial score (nSPS) is 14.0. The molecule has 1 aliphatic heterocycles. The van der Waals surface area contributed by atoms with Gasteiger partial charge in [0.2, 0.25) is 0 Å². The maximum Gasteiger partial charge on any atom is 0.278 e. The van der Waals surface area contributed by atoms with E-state index in [-0.39, 0.29) is 29.6 Å². The van der Waals surface area contributed by atoms with E-state index < -0.39 is 23.4 Å². The van der Waals surface area contributed by atoms with Gasteiger partial charge in [-0.25, -0.2) is 8.78 Å². The summed E-state index contributed by atoms with van der Waals surface area (Å²) in [6, 6.07) is 9.89. The van der Waals surface area contributed by atoms with Crippen molar-refractivity contribution in [2.45, 2.75) is 20.0 Å². The van der Waals surface area contributed by atoms with Crippen LogP contribution in [0.15, 0.2) is 60.8 Å². The van der Waals surface area contributed by atoms with Crippen molar-refractivity contribution in [1.29, 1.82) is 0 Å². The van der Waals surface area contributed by atoms with E-state index in [9.17, 15) is 18.4 Å². The van der Waals surface area contributed by atoms with Crippen LogP contribution in [0.5, 0.6) is 5.75 Å². The van der Waals surface area contributed by atoms with Crippen LogP contribution in [0.4, 0.5) is 14.5 Å². The Labute approximate surface area is 167 Å². The third kappa shape index (κ3) is 4.18. The number of ether oxygens (including phenoxy) is 1. The maximum atomic E-state index is 13.6. The highest BCUT2D eigenvalue weighted by Crippen LogP contribution is 2.31. The van der Waals surface area contributed by atoms with Crippen LogP contribution in [0.25, 0.3) is 5.57 Å². The van der Waals surface area contributed by atoms with Gasteiger partial charge in [-0.15, -0.1) is 6.58 Å². The Morgan fingerprint density at radius 2 is 1.76 bits per heavy atom. The lowest BCUT2D eigenvalue weighted by atomic mass is 10.0. The van der Waals surface area contributed by atoms with E-state index in [1.807, 2.05) is 13.8 Å². The summed E-state index contributed by atoms with van der Waals surface area (Å²) in [4.78, 5) is 26.7. The van der Waals surface area contributed by atoms with Crippen LogP contribution in [0, 0.1) is 11.6 Å². The zero-order chi connectivity index (χ0) is 21.1. The number of carbonyl (C=O) groups is 2. The first-order valence-corrected chi connectivity index (χ1v) is 9.02. The largest absolute Gasteiger partial charge is 0.491 e. The quantitative estimate of drug-likeness (QED) is 0.563. The van der Waals surface area contributed by atoms with Crippen molar-refractivity contribution in [3.63, 3.8) is 0 Å². The molecule has 2 aromatic carbocycles. The Balaban J connectivity index is 2.03. The van der Waals surface area contributed by atoms with Crippen LogP contribution in [0.1, 0.15) is 19.4 Å². The lowest BCUT2D eigenvalue weighted by Crippen LogP contribution is -2.32. The molecule has 1 aliphatic rings. The molecule has 1 heterocycles. The average Bonchev–Trinajstić information content (AvgIpc) is 2.90. The van der Waals surface area contributed by atoms with Gasteiger partial charge in [0.05, 0.1) is 11.7 Å². The fourth-order valence-electron chi connectivity index (χ4n) is 2.95. The molecule has 0 unspecified atom stereocenters. The second-order valence-electron chi connectivity index (χ2n) is 6.70. The second kappa shape index (κ2) is 8.26. The second-order valence-corrected chi connectivity index (χ2v) is 6.70. The van der Waals surface area contributed by atoms with Crippen molar-refractivity contribution < 1.29 is 23.1 Å². The zero-order valence-corrected chi connectivity index (χ0v) is 16.0. The molecular formula is C22H20F2N2O3. The van der Waals surface area contributed by atoms with Crippen LogP contribution in [-0.4, -0.2) is 29.4 Å². The van der Waals surface area contributed by atoms with Gasteiger partial charge in [-0.2, -0.15) is 0 Å². The summed E-state index contributed by atoms with van der Waals surface area (Å²) in [6.07, 6.45) is 1.43. The summed E-state index contributed by atoms with van der Waals surface area (Å²) in [7, 11) is 0. The molecule has 0 aromatic heterocycles. The number of carbonyl (C=O) groups excluding carboxylic acids is 2. The lowest BCUT2D eigenvalue weighted by Gasteiger charge is -2.12. The third-order valence-corrected chi connectivity index (χ3v) is 4.18. The number of anilines is 1. The summed E-state index contributed by atoms with van der Waals surface area (Å²) in [5.74, 6) is -2.52. The van der Waals surface area contributed by atoms with Gasteiger partial charge in [0.1, 0.15) is 11.4 Å². The highest BCUT2D eigenvalue weighted by molar-refractivity contribution is 6.36. The number of amides is 2. The molecule has 0 radical (unpaired) electrons. The SMILES string of the molecule is C=CCN1C(=O)C(Nc2ccc(F)c(F)c2)=C(c2ccc(OC(C)C)cc2)C1=O. The molecule has 0 atom stereocenters. The van der Waals surface area contributed by atoms with Gasteiger partial charge in [-0.1, -0.05) is 18.2 Å². The molecule has 7 heteroatoms. The standard InChI is InChI=1S/C22H20F2N2O3/c1-4-11-26-21(27)19(14-5-8-16(9-6-14)29-13(2)3)20(22(26)28)25-15-7-10-17(23)18(24)12-15/h4-10,12-13,25H,1,11H2,2-3H3. The van der Waals surface area contributed by atoms with Crippen LogP contribution in [-0.2, 0) is 9.59 Å². The molecule has 5 nitrogen and oxygen atoms in total. The highest BCUT2D eigenvalue weighted by Gasteiger charge is 2.38. The minimum absolute atomic E-state index is 0.0107. The number of halogens is 2. The topological polar surface area (TPSA) is 58.6 Å². The molecule has 0 saturated carbocycles. The van der Waals surface area contributed by atoms with Crippen LogP contribution in [0.3, 0.4) is 0 Å². The Morgan fingerprint density at radius 1 is 1.07 bits per heavy atom. The van der Waals surface area contributed by atoms with E-state index in [2.05, 4.69) is 11.9 Å². The highest BCUT2D eigenvalue weighted by atomic mass is 19.2. The Hall–Kier alpha value is -3.48. The average molecular weight is 398 g/mol. The van der Waals surface area contributed by atoms with Crippen molar-refractivity contribution in [1.82, 2.24) is 4.90 Å². The number of nitrogens with one attached hydrogen (secondary N) is 1. The fraction of sp³-hybridized carbons (Fsp3) is 0.182. The van der Waals surface area contributed by atoms with Gasteiger partial charge >= 0.3 is 0 Å². The van der Waals surface area contributed by atoms with Crippen molar-refractivity contribution in [2.24, 2.45) is 0 Å². The number of nitrogens with zero attached hydrogens (tertiary/aromatic N) is 1. The van der Waals surface area contributed by atoms with E-state index in [0.717, 1.165) is 17.0 Å². The van der Waals surface area contributed by atoms with Gasteiger partial charge in [0.25, 0.3) is 11.8 Å². The van der Waals surface area contributed by atoms with Gasteiger partial charge in [0.15, 0.2) is 11.6 Å². The number of rotatable bonds is 7. The van der Waals surface area contributed by atoms with E-state index in [1.165, 1.54) is 12.1 Å². The summed E-state index contributed by atoms with van der Waals surface area (Å²) in [5, 5.41) is 2.77. The van der Waals surface area contributed by atoms with Crippen molar-refractivity contribution in [3.05, 3.63) is 78.0 Å². The zero-order valence-electron chi connectivity index (χ0n) is 16.0. The van der Waals surface area contributed by atoms with Crippen molar-refractivity contribution in [3.8, 4) is 5.75 Å². The van der Waals surface area contributed by atoms with Gasteiger partial charge < -0.3 is 10.1 Å². The van der Waals surface area contributed by atoms with Crippen molar-refractivity contribution in [2.75, 3.05) is 11.9 Å². The molecule has 2 amide bonds. The Kier molecular flexibility index (Phi) is 5.77. The smallest absolute Gasteiger partial charge is 0.278 e. The van der Waals surface area contributed by atoms with E-state index in [1.54, 1.807) is 24.3 Å². The summed E-state index contributed by atoms with van der Waals surface area (Å²) in [6.45, 7) is 7.38. The minimum Gasteiger partial charge on any atom is -0.491 e. The van der Waals surface area contributed by atoms with Crippen LogP contribution in [0.2, 0.25) is 0 Å². The van der Waals surface area contributed by atoms with Gasteiger partial charge in [-0.05, 0) is 43.7 Å². The molecule has 0 spiro atoms. The first-order valence-electron chi connectivity index (χ1n) is 9.02. The molecule has 0 bridgehead atoms. The number of hydrogen-bond acceptors (Lipinski definition) is 4. The molecule has 1 N–H and O–H groups in total. The van der Waals surface area contributed by atoms with Gasteiger partial charge in [-0.3, -0.25) is 14.5 Å². The third-order valence-electron chi connectivity index (χ3n) is 4.18. The predicted octanol–water partition coefficient (Wildman–Crippen LogP) is 4.13. The van der Waals surface area contributed by atoms with Gasteiger partial charge in [0, 0.05) is 18.3 Å². The lowest BCUT2D eigenvalue weighted by molar-refractivity contribution is -0.136. The molecule has 3 rings (SSSR count). The Bertz CT molecular complexity index is 998. The minimum atomic E-state index is -1.06. The van der Waals surface area contributed by atoms with E-state index in [4.69, 9.17) is 4.74 Å². The molecule has 0 aliphatic carbocycles. The van der Waals surface area contributed by atoms with Crippen LogP contribution >= 0.6 is 0 Å². The molecule has 150 valence electrons. The van der Waals surface area contributed by atoms with Crippen molar-refractivity contribution >= 4 is 23.1 Å². The molecule has 29 heavy (non-hydrogen) atoms. The molecular weight excluding hydrogens is 378 g/mol. The Morgan fingerprint density at radius 3 is 2.34 bits per heavy atom. The summed E-state index contributed by atoms with van der Waals surface area (Å²) < 4.78 is 32.4. The summed E-state index contributed by atoms with van der Waals surface area (Å²) in [5.41, 5.74) is 0.770. The predicted molar refractivity (Wildman–Crippen MR) is 106 cm³/mol. The summed E-state index contributed by atoms with van der Waals surface area (Å²) >= 11 is 0. The van der Waals surface area contributed by atoms with E-state index in [0.29, 0.717) is 11.3 Å². The fourth-order valence-corrected chi connectivity index (χ4v) is 2.95. The first kappa shape index (κ1) is 20.3. The number of benzene rings is 2. The number of hydrogen-bond donors (Lipinski definition) is 1. The first-order chi connectivity index (χ1) is 13.8. The maximum absolute atomic E-state index is 13.6. The van der Waals surface area contributed by atoms with E-state index >= 15 is 0 Å². The monoisotopic (exact) mass is 398 g/mol. The number of imide groups is 1. The molecule has 0 fully saturated rings. The molecule has 2 aromatic rings. The molecule has 0 saturated heterocycles. The van der Waals surface area contributed by atoms with Crippen LogP contribution < -0.4 is 10.1 Å².